The molecule has 118 valence electrons. The number of carboxylic acids is 1. The Bertz CT molecular complexity index is 733. The molecule has 0 spiro atoms. The van der Waals surface area contributed by atoms with Gasteiger partial charge in [-0.1, -0.05) is 30.4 Å². The van der Waals surface area contributed by atoms with Crippen LogP contribution in [0.25, 0.3) is 5.57 Å². The summed E-state index contributed by atoms with van der Waals surface area (Å²) >= 11 is 0. The van der Waals surface area contributed by atoms with E-state index >= 15 is 0 Å². The van der Waals surface area contributed by atoms with Crippen molar-refractivity contribution in [2.24, 2.45) is 0 Å². The van der Waals surface area contributed by atoms with Crippen molar-refractivity contribution in [3.63, 3.8) is 0 Å². The molecule has 0 bridgehead atoms. The molecule has 1 aromatic heterocycles. The highest BCUT2D eigenvalue weighted by Crippen LogP contribution is 2.31. The number of alkyl halides is 3. The smallest absolute Gasteiger partial charge is 0.416 e. The van der Waals surface area contributed by atoms with Gasteiger partial charge < -0.3 is 5.11 Å². The lowest BCUT2D eigenvalue weighted by Gasteiger charge is -2.10. The van der Waals surface area contributed by atoms with Gasteiger partial charge in [-0.3, -0.25) is 4.98 Å². The molecule has 0 saturated carbocycles. The first-order valence-corrected chi connectivity index (χ1v) is 6.57. The van der Waals surface area contributed by atoms with E-state index in [4.69, 9.17) is 5.11 Å². The van der Waals surface area contributed by atoms with Crippen molar-refractivity contribution in [3.05, 3.63) is 83.7 Å². The topological polar surface area (TPSA) is 50.2 Å². The van der Waals surface area contributed by atoms with E-state index < -0.39 is 17.7 Å². The molecule has 2 rings (SSSR count). The predicted molar refractivity (Wildman–Crippen MR) is 79.5 cm³/mol. The third-order valence-electron chi connectivity index (χ3n) is 3.00. The van der Waals surface area contributed by atoms with Crippen LogP contribution in [-0.2, 0) is 11.0 Å². The minimum atomic E-state index is -4.40. The normalized spacial score (nSPS) is 12.6. The first-order chi connectivity index (χ1) is 10.9. The second-order valence-electron chi connectivity index (χ2n) is 4.59. The van der Waals surface area contributed by atoms with Gasteiger partial charge in [-0.15, -0.1) is 0 Å². The summed E-state index contributed by atoms with van der Waals surface area (Å²) in [6.07, 6.45) is 2.51. The Hall–Kier alpha value is -2.89. The number of benzene rings is 1. The molecular weight excluding hydrogens is 307 g/mol. The van der Waals surface area contributed by atoms with E-state index in [1.165, 1.54) is 24.3 Å². The van der Waals surface area contributed by atoms with E-state index in [0.29, 0.717) is 16.7 Å². The Kier molecular flexibility index (Phi) is 4.95. The summed E-state index contributed by atoms with van der Waals surface area (Å²) in [6, 6.07) is 8.09. The SMILES string of the molecule is O=C(O)/C=C/C=C(\c1ccc(C(F)(F)F)cc1)c1cccnc1. The van der Waals surface area contributed by atoms with E-state index in [0.717, 1.165) is 18.2 Å². The number of halogens is 3. The summed E-state index contributed by atoms with van der Waals surface area (Å²) in [5, 5.41) is 8.64. The lowest BCUT2D eigenvalue weighted by atomic mass is 9.97. The van der Waals surface area contributed by atoms with Crippen LogP contribution in [0.15, 0.2) is 67.0 Å². The van der Waals surface area contributed by atoms with Crippen LogP contribution in [0.4, 0.5) is 13.2 Å². The molecule has 1 aromatic carbocycles. The van der Waals surface area contributed by atoms with Crippen LogP contribution < -0.4 is 0 Å². The standard InChI is InChI=1S/C17H12F3NO2/c18-17(19,20)14-8-6-12(7-9-14)15(4-1-5-16(22)23)13-3-2-10-21-11-13/h1-11H,(H,22,23)/b5-1+,15-4+. The van der Waals surface area contributed by atoms with Crippen molar-refractivity contribution in [1.29, 1.82) is 0 Å². The van der Waals surface area contributed by atoms with Gasteiger partial charge in [0, 0.05) is 24.0 Å². The minimum Gasteiger partial charge on any atom is -0.478 e. The highest BCUT2D eigenvalue weighted by atomic mass is 19.4. The Morgan fingerprint density at radius 2 is 1.78 bits per heavy atom. The molecule has 0 amide bonds. The van der Waals surface area contributed by atoms with Gasteiger partial charge in [0.1, 0.15) is 0 Å². The zero-order valence-electron chi connectivity index (χ0n) is 11.8. The van der Waals surface area contributed by atoms with Crippen molar-refractivity contribution < 1.29 is 23.1 Å². The first kappa shape index (κ1) is 16.5. The van der Waals surface area contributed by atoms with E-state index in [1.807, 2.05) is 0 Å². The average Bonchev–Trinajstić information content (AvgIpc) is 2.51. The van der Waals surface area contributed by atoms with Crippen LogP contribution in [0.1, 0.15) is 16.7 Å². The number of nitrogens with zero attached hydrogens (tertiary/aromatic N) is 1. The zero-order valence-corrected chi connectivity index (χ0v) is 11.8. The molecule has 0 aliphatic heterocycles. The highest BCUT2D eigenvalue weighted by molar-refractivity contribution is 5.83. The molecule has 0 saturated heterocycles. The number of allylic oxidation sites excluding steroid dienone is 2. The van der Waals surface area contributed by atoms with Gasteiger partial charge in [0.05, 0.1) is 5.56 Å². The third kappa shape index (κ3) is 4.54. The van der Waals surface area contributed by atoms with Crippen LogP contribution in [0.2, 0.25) is 0 Å². The number of hydrogen-bond donors (Lipinski definition) is 1. The number of pyridine rings is 1. The molecule has 0 atom stereocenters. The molecule has 1 N–H and O–H groups in total. The van der Waals surface area contributed by atoms with Crippen LogP contribution in [-0.4, -0.2) is 16.1 Å². The lowest BCUT2D eigenvalue weighted by molar-refractivity contribution is -0.137. The number of aromatic nitrogens is 1. The summed E-state index contributed by atoms with van der Waals surface area (Å²) in [7, 11) is 0. The van der Waals surface area contributed by atoms with Crippen LogP contribution in [0.3, 0.4) is 0 Å². The van der Waals surface area contributed by atoms with Crippen LogP contribution >= 0.6 is 0 Å². The molecular formula is C17H12F3NO2. The molecule has 0 fully saturated rings. The van der Waals surface area contributed by atoms with Crippen molar-refractivity contribution in [1.82, 2.24) is 4.98 Å². The number of aliphatic carboxylic acids is 1. The minimum absolute atomic E-state index is 0.529. The summed E-state index contributed by atoms with van der Waals surface area (Å²) in [4.78, 5) is 14.5. The summed E-state index contributed by atoms with van der Waals surface area (Å²) in [5.74, 6) is -1.11. The van der Waals surface area contributed by atoms with Crippen LogP contribution in [0.5, 0.6) is 0 Å². The fraction of sp³-hybridized carbons (Fsp3) is 0.0588. The Balaban J connectivity index is 2.44. The van der Waals surface area contributed by atoms with Gasteiger partial charge in [-0.25, -0.2) is 4.79 Å². The first-order valence-electron chi connectivity index (χ1n) is 6.57. The van der Waals surface area contributed by atoms with Gasteiger partial charge in [0.2, 0.25) is 0 Å². The second kappa shape index (κ2) is 6.91. The van der Waals surface area contributed by atoms with E-state index in [1.54, 1.807) is 24.5 Å². The highest BCUT2D eigenvalue weighted by Gasteiger charge is 2.30. The van der Waals surface area contributed by atoms with E-state index in [9.17, 15) is 18.0 Å². The van der Waals surface area contributed by atoms with Gasteiger partial charge in [0.25, 0.3) is 0 Å². The zero-order chi connectivity index (χ0) is 16.9. The molecule has 23 heavy (non-hydrogen) atoms. The molecule has 0 unspecified atom stereocenters. The molecule has 3 nitrogen and oxygen atoms in total. The van der Waals surface area contributed by atoms with Gasteiger partial charge in [0.15, 0.2) is 0 Å². The van der Waals surface area contributed by atoms with Crippen molar-refractivity contribution in [3.8, 4) is 0 Å². The largest absolute Gasteiger partial charge is 0.478 e. The Morgan fingerprint density at radius 3 is 2.30 bits per heavy atom. The average molecular weight is 319 g/mol. The van der Waals surface area contributed by atoms with Gasteiger partial charge >= 0.3 is 12.1 Å². The number of rotatable bonds is 4. The fourth-order valence-electron chi connectivity index (χ4n) is 1.95. The van der Waals surface area contributed by atoms with Crippen molar-refractivity contribution >= 4 is 11.5 Å². The predicted octanol–water partition coefficient (Wildman–Crippen LogP) is 4.17. The molecule has 1 heterocycles. The van der Waals surface area contributed by atoms with Gasteiger partial charge in [-0.2, -0.15) is 13.2 Å². The molecule has 0 aliphatic rings. The molecule has 6 heteroatoms. The lowest BCUT2D eigenvalue weighted by Crippen LogP contribution is -2.04. The molecule has 0 aliphatic carbocycles. The van der Waals surface area contributed by atoms with E-state index in [2.05, 4.69) is 4.98 Å². The number of carbonyl (C=O) groups is 1. The maximum Gasteiger partial charge on any atom is 0.416 e. The maximum atomic E-state index is 12.6. The Labute approximate surface area is 130 Å². The third-order valence-corrected chi connectivity index (χ3v) is 3.00. The second-order valence-corrected chi connectivity index (χ2v) is 4.59. The van der Waals surface area contributed by atoms with Crippen LogP contribution in [0, 0.1) is 0 Å². The fourth-order valence-corrected chi connectivity index (χ4v) is 1.95. The summed E-state index contributed by atoms with van der Waals surface area (Å²) < 4.78 is 37.9. The monoisotopic (exact) mass is 319 g/mol. The molecule has 0 radical (unpaired) electrons. The number of carboxylic acid groups (broad SMARTS) is 1. The molecule has 2 aromatic rings. The van der Waals surface area contributed by atoms with Crippen molar-refractivity contribution in [2.75, 3.05) is 0 Å². The Morgan fingerprint density at radius 1 is 1.09 bits per heavy atom. The quantitative estimate of drug-likeness (QED) is 0.679. The van der Waals surface area contributed by atoms with E-state index in [-0.39, 0.29) is 0 Å². The van der Waals surface area contributed by atoms with Crippen molar-refractivity contribution in [2.45, 2.75) is 6.18 Å². The maximum absolute atomic E-state index is 12.6. The number of hydrogen-bond acceptors (Lipinski definition) is 2. The summed E-state index contributed by atoms with van der Waals surface area (Å²) in [5.41, 5.74) is 1.03. The summed E-state index contributed by atoms with van der Waals surface area (Å²) in [6.45, 7) is 0. The van der Waals surface area contributed by atoms with Gasteiger partial charge in [-0.05, 0) is 29.3 Å².